The molecule has 0 fully saturated rings. The number of thioether (sulfide) groups is 1. The van der Waals surface area contributed by atoms with Crippen molar-refractivity contribution in [1.29, 1.82) is 0 Å². The van der Waals surface area contributed by atoms with Crippen LogP contribution in [-0.4, -0.2) is 7.05 Å². The quantitative estimate of drug-likeness (QED) is 0.824. The molecule has 1 N–H and O–H groups in total. The highest BCUT2D eigenvalue weighted by Crippen LogP contribution is 2.31. The summed E-state index contributed by atoms with van der Waals surface area (Å²) in [5.41, 5.74) is 3.90. The van der Waals surface area contributed by atoms with Gasteiger partial charge in [0.05, 0.1) is 0 Å². The van der Waals surface area contributed by atoms with Gasteiger partial charge in [-0.3, -0.25) is 0 Å². The van der Waals surface area contributed by atoms with Crippen LogP contribution in [0, 0.1) is 0 Å². The third kappa shape index (κ3) is 3.54. The summed E-state index contributed by atoms with van der Waals surface area (Å²) in [6.45, 7) is 8.95. The Kier molecular flexibility index (Phi) is 5.36. The first-order chi connectivity index (χ1) is 7.69. The molecule has 0 radical (unpaired) electrons. The van der Waals surface area contributed by atoms with Crippen LogP contribution in [0.25, 0.3) is 4.91 Å². The Hall–Kier alpha value is -0.990. The van der Waals surface area contributed by atoms with Gasteiger partial charge in [0.2, 0.25) is 0 Å². The molecule has 0 unspecified atom stereocenters. The zero-order valence-electron chi connectivity index (χ0n) is 10.2. The normalized spacial score (nSPS) is 9.94. The molecule has 0 bridgehead atoms. The van der Waals surface area contributed by atoms with E-state index < -0.39 is 0 Å². The Balaban J connectivity index is 2.95. The van der Waals surface area contributed by atoms with Crippen molar-refractivity contribution in [3.63, 3.8) is 0 Å². The van der Waals surface area contributed by atoms with Gasteiger partial charge in [-0.15, -0.1) is 0 Å². The number of benzene rings is 1. The first-order valence-electron chi connectivity index (χ1n) is 5.38. The first kappa shape index (κ1) is 13.1. The molecular weight excluding hydrogens is 214 g/mol. The third-order valence-electron chi connectivity index (χ3n) is 2.25. The van der Waals surface area contributed by atoms with Gasteiger partial charge in [-0.1, -0.05) is 48.2 Å². The number of rotatable bonds is 5. The van der Waals surface area contributed by atoms with E-state index in [0.29, 0.717) is 0 Å². The Labute approximate surface area is 103 Å². The van der Waals surface area contributed by atoms with E-state index in [1.54, 1.807) is 11.8 Å². The maximum atomic E-state index is 3.77. The highest BCUT2D eigenvalue weighted by Gasteiger charge is 2.02. The molecule has 0 spiro atoms. The Bertz CT molecular complexity index is 372. The van der Waals surface area contributed by atoms with E-state index in [1.165, 1.54) is 21.6 Å². The lowest BCUT2D eigenvalue weighted by Gasteiger charge is -2.08. The molecule has 0 heterocycles. The summed E-state index contributed by atoms with van der Waals surface area (Å²) in [6, 6.07) is 8.67. The van der Waals surface area contributed by atoms with E-state index in [0.717, 1.165) is 6.54 Å². The molecule has 0 aliphatic carbocycles. The van der Waals surface area contributed by atoms with E-state index in [-0.39, 0.29) is 0 Å². The van der Waals surface area contributed by atoms with Gasteiger partial charge in [-0.2, -0.15) is 0 Å². The molecule has 0 saturated heterocycles. The van der Waals surface area contributed by atoms with Gasteiger partial charge in [0.15, 0.2) is 0 Å². The van der Waals surface area contributed by atoms with Crippen molar-refractivity contribution in [3.05, 3.63) is 53.0 Å². The molecule has 1 aromatic carbocycles. The molecule has 0 saturated carbocycles. The fraction of sp³-hybridized carbons (Fsp3) is 0.286. The molecule has 0 aliphatic rings. The van der Waals surface area contributed by atoms with Crippen molar-refractivity contribution in [2.45, 2.75) is 20.4 Å². The third-order valence-corrected chi connectivity index (χ3v) is 3.30. The monoisotopic (exact) mass is 233 g/mol. The predicted molar refractivity (Wildman–Crippen MR) is 75.3 cm³/mol. The van der Waals surface area contributed by atoms with Crippen LogP contribution in [-0.2, 0) is 6.54 Å². The molecule has 0 aromatic heterocycles. The zero-order chi connectivity index (χ0) is 12.0. The summed E-state index contributed by atoms with van der Waals surface area (Å²) in [6.07, 6.45) is 0. The van der Waals surface area contributed by atoms with Crippen molar-refractivity contribution >= 4 is 16.7 Å². The van der Waals surface area contributed by atoms with E-state index in [2.05, 4.69) is 50.0 Å². The summed E-state index contributed by atoms with van der Waals surface area (Å²) in [4.78, 5) is 1.30. The fourth-order valence-electron chi connectivity index (χ4n) is 1.54. The van der Waals surface area contributed by atoms with Crippen LogP contribution in [0.5, 0.6) is 0 Å². The maximum absolute atomic E-state index is 3.77. The van der Waals surface area contributed by atoms with Crippen LogP contribution in [0.4, 0.5) is 0 Å². The average Bonchev–Trinajstić information content (AvgIpc) is 2.27. The molecular formula is C14H19NS. The molecule has 1 aromatic rings. The molecule has 2 heteroatoms. The minimum absolute atomic E-state index is 0.916. The van der Waals surface area contributed by atoms with E-state index in [1.807, 2.05) is 12.5 Å². The number of hydrogen-bond donors (Lipinski definition) is 1. The van der Waals surface area contributed by atoms with E-state index >= 15 is 0 Å². The summed E-state index contributed by atoms with van der Waals surface area (Å²) >= 11 is 1.68. The number of allylic oxidation sites excluding steroid dienone is 1. The summed E-state index contributed by atoms with van der Waals surface area (Å²) in [5, 5.41) is 5.03. The zero-order valence-corrected chi connectivity index (χ0v) is 11.0. The summed E-state index contributed by atoms with van der Waals surface area (Å²) < 4.78 is 0. The minimum atomic E-state index is 0.916. The van der Waals surface area contributed by atoms with Gasteiger partial charge in [-0.25, -0.2) is 0 Å². The van der Waals surface area contributed by atoms with Crippen molar-refractivity contribution in [3.8, 4) is 0 Å². The van der Waals surface area contributed by atoms with Crippen molar-refractivity contribution in [2.24, 2.45) is 0 Å². The largest absolute Gasteiger partial charge is 0.316 e. The second-order valence-corrected chi connectivity index (χ2v) is 4.82. The Morgan fingerprint density at radius 3 is 2.38 bits per heavy atom. The molecule has 1 nitrogen and oxygen atoms in total. The van der Waals surface area contributed by atoms with Gasteiger partial charge >= 0.3 is 0 Å². The lowest BCUT2D eigenvalue weighted by Crippen LogP contribution is -2.04. The van der Waals surface area contributed by atoms with Gasteiger partial charge in [-0.05, 0) is 37.4 Å². The SMILES string of the molecule is C=CSC(=C(C)C)c1ccc(CNC)cc1. The highest BCUT2D eigenvalue weighted by molar-refractivity contribution is 8.10. The van der Waals surface area contributed by atoms with Gasteiger partial charge in [0.25, 0.3) is 0 Å². The molecule has 86 valence electrons. The van der Waals surface area contributed by atoms with E-state index in [9.17, 15) is 0 Å². The van der Waals surface area contributed by atoms with Gasteiger partial charge < -0.3 is 5.32 Å². The smallest absolute Gasteiger partial charge is 0.0202 e. The van der Waals surface area contributed by atoms with Crippen LogP contribution in [0.3, 0.4) is 0 Å². The van der Waals surface area contributed by atoms with Crippen LogP contribution in [0.2, 0.25) is 0 Å². The van der Waals surface area contributed by atoms with Crippen LogP contribution < -0.4 is 5.32 Å². The van der Waals surface area contributed by atoms with Crippen molar-refractivity contribution < 1.29 is 0 Å². The first-order valence-corrected chi connectivity index (χ1v) is 6.26. The second kappa shape index (κ2) is 6.56. The average molecular weight is 233 g/mol. The molecule has 0 atom stereocenters. The summed E-state index contributed by atoms with van der Waals surface area (Å²) in [7, 11) is 1.96. The fourth-order valence-corrected chi connectivity index (χ4v) is 2.21. The molecule has 0 aliphatic heterocycles. The van der Waals surface area contributed by atoms with Crippen LogP contribution in [0.15, 0.2) is 41.8 Å². The standard InChI is InChI=1S/C14H19NS/c1-5-16-14(11(2)3)13-8-6-12(7-9-13)10-15-4/h5-9,15H,1,10H2,2-4H3. The predicted octanol–water partition coefficient (Wildman–Crippen LogP) is 4.03. The van der Waals surface area contributed by atoms with E-state index in [4.69, 9.17) is 0 Å². The summed E-state index contributed by atoms with van der Waals surface area (Å²) in [5.74, 6) is 0. The van der Waals surface area contributed by atoms with Gasteiger partial charge in [0.1, 0.15) is 0 Å². The molecule has 1 rings (SSSR count). The van der Waals surface area contributed by atoms with Gasteiger partial charge in [0, 0.05) is 11.4 Å². The topological polar surface area (TPSA) is 12.0 Å². The lowest BCUT2D eigenvalue weighted by molar-refractivity contribution is 0.818. The second-order valence-electron chi connectivity index (χ2n) is 3.84. The lowest BCUT2D eigenvalue weighted by atomic mass is 10.1. The maximum Gasteiger partial charge on any atom is 0.0202 e. The van der Waals surface area contributed by atoms with Crippen molar-refractivity contribution in [2.75, 3.05) is 7.05 Å². The van der Waals surface area contributed by atoms with Crippen LogP contribution >= 0.6 is 11.8 Å². The Morgan fingerprint density at radius 2 is 1.94 bits per heavy atom. The Morgan fingerprint density at radius 1 is 1.31 bits per heavy atom. The number of hydrogen-bond acceptors (Lipinski definition) is 2. The highest BCUT2D eigenvalue weighted by atomic mass is 32.2. The molecule has 0 amide bonds. The van der Waals surface area contributed by atoms with Crippen molar-refractivity contribution in [1.82, 2.24) is 5.32 Å². The number of nitrogens with one attached hydrogen (secondary N) is 1. The minimum Gasteiger partial charge on any atom is -0.316 e. The molecule has 16 heavy (non-hydrogen) atoms. The van der Waals surface area contributed by atoms with Crippen LogP contribution in [0.1, 0.15) is 25.0 Å².